The van der Waals surface area contributed by atoms with Gasteiger partial charge in [0.25, 0.3) is 5.69 Å². The SMILES string of the molecule is CC1CCN(S(=O)(=O)c2cccc([N+](=O)[O-])c2)C1CO. The largest absolute Gasteiger partial charge is 0.395 e. The van der Waals surface area contributed by atoms with Crippen LogP contribution in [0.2, 0.25) is 0 Å². The van der Waals surface area contributed by atoms with Crippen LogP contribution in [0.4, 0.5) is 5.69 Å². The summed E-state index contributed by atoms with van der Waals surface area (Å²) in [5.41, 5.74) is -0.265. The third-order valence-electron chi connectivity index (χ3n) is 3.65. The van der Waals surface area contributed by atoms with Crippen LogP contribution in [0.25, 0.3) is 0 Å². The molecule has 1 fully saturated rings. The maximum atomic E-state index is 12.5. The zero-order valence-corrected chi connectivity index (χ0v) is 11.8. The van der Waals surface area contributed by atoms with Gasteiger partial charge in [0.05, 0.1) is 22.5 Å². The summed E-state index contributed by atoms with van der Waals surface area (Å²) in [6.45, 7) is 1.94. The maximum absolute atomic E-state index is 12.5. The first kappa shape index (κ1) is 14.9. The van der Waals surface area contributed by atoms with Crippen LogP contribution in [0.1, 0.15) is 13.3 Å². The summed E-state index contributed by atoms with van der Waals surface area (Å²) < 4.78 is 26.3. The van der Waals surface area contributed by atoms with Crippen LogP contribution in [0.3, 0.4) is 0 Å². The third-order valence-corrected chi connectivity index (χ3v) is 5.57. The van der Waals surface area contributed by atoms with E-state index in [1.54, 1.807) is 0 Å². The van der Waals surface area contributed by atoms with Crippen molar-refractivity contribution in [2.75, 3.05) is 13.2 Å². The normalized spacial score (nSPS) is 23.9. The lowest BCUT2D eigenvalue weighted by molar-refractivity contribution is -0.385. The van der Waals surface area contributed by atoms with E-state index in [4.69, 9.17) is 0 Å². The van der Waals surface area contributed by atoms with Crippen LogP contribution in [-0.2, 0) is 10.0 Å². The van der Waals surface area contributed by atoms with Crippen molar-refractivity contribution in [2.24, 2.45) is 5.92 Å². The standard InChI is InChI=1S/C12H16N2O5S/c1-9-5-6-13(12(9)8-15)20(18,19)11-4-2-3-10(7-11)14(16)17/h2-4,7,9,12,15H,5-6,8H2,1H3. The predicted octanol–water partition coefficient (Wildman–Crippen LogP) is 0.986. The fraction of sp³-hybridized carbons (Fsp3) is 0.500. The van der Waals surface area contributed by atoms with E-state index in [-0.39, 0.29) is 23.1 Å². The Morgan fingerprint density at radius 1 is 1.50 bits per heavy atom. The molecular formula is C12H16N2O5S. The molecule has 0 bridgehead atoms. The fourth-order valence-electron chi connectivity index (χ4n) is 2.44. The van der Waals surface area contributed by atoms with E-state index in [1.807, 2.05) is 6.92 Å². The lowest BCUT2D eigenvalue weighted by Crippen LogP contribution is -2.39. The molecule has 1 aromatic carbocycles. The predicted molar refractivity (Wildman–Crippen MR) is 71.6 cm³/mol. The summed E-state index contributed by atoms with van der Waals surface area (Å²) in [7, 11) is -3.82. The Hall–Kier alpha value is -1.51. The molecule has 0 aliphatic carbocycles. The van der Waals surface area contributed by atoms with E-state index in [0.717, 1.165) is 6.07 Å². The number of non-ortho nitro benzene ring substituents is 1. The van der Waals surface area contributed by atoms with Crippen molar-refractivity contribution >= 4 is 15.7 Å². The summed E-state index contributed by atoms with van der Waals surface area (Å²) in [5.74, 6) is 0.0634. The number of aliphatic hydroxyl groups is 1. The number of nitrogens with zero attached hydrogens (tertiary/aromatic N) is 2. The van der Waals surface area contributed by atoms with Crippen molar-refractivity contribution in [3.05, 3.63) is 34.4 Å². The van der Waals surface area contributed by atoms with E-state index in [1.165, 1.54) is 22.5 Å². The average Bonchev–Trinajstić information content (AvgIpc) is 2.80. The van der Waals surface area contributed by atoms with Crippen molar-refractivity contribution in [3.63, 3.8) is 0 Å². The zero-order chi connectivity index (χ0) is 14.9. The second-order valence-corrected chi connectivity index (χ2v) is 6.78. The van der Waals surface area contributed by atoms with Gasteiger partial charge in [0.15, 0.2) is 0 Å². The fourth-order valence-corrected chi connectivity index (χ4v) is 4.20. The van der Waals surface area contributed by atoms with Gasteiger partial charge in [-0.25, -0.2) is 8.42 Å². The minimum atomic E-state index is -3.82. The molecule has 110 valence electrons. The van der Waals surface area contributed by atoms with Gasteiger partial charge in [-0.05, 0) is 18.4 Å². The first-order valence-corrected chi connectivity index (χ1v) is 7.69. The number of aliphatic hydroxyl groups excluding tert-OH is 1. The second-order valence-electron chi connectivity index (χ2n) is 4.89. The van der Waals surface area contributed by atoms with Crippen molar-refractivity contribution in [3.8, 4) is 0 Å². The minimum absolute atomic E-state index is 0.0634. The molecule has 0 radical (unpaired) electrons. The molecule has 1 heterocycles. The lowest BCUT2D eigenvalue weighted by atomic mass is 10.0. The zero-order valence-electron chi connectivity index (χ0n) is 11.0. The number of nitro benzene ring substituents is 1. The number of sulfonamides is 1. The van der Waals surface area contributed by atoms with Gasteiger partial charge in [0, 0.05) is 18.7 Å². The third kappa shape index (κ3) is 2.54. The monoisotopic (exact) mass is 300 g/mol. The van der Waals surface area contributed by atoms with Gasteiger partial charge in [-0.15, -0.1) is 0 Å². The lowest BCUT2D eigenvalue weighted by Gasteiger charge is -2.24. The highest BCUT2D eigenvalue weighted by molar-refractivity contribution is 7.89. The number of hydrogen-bond donors (Lipinski definition) is 1. The topological polar surface area (TPSA) is 101 Å². The molecule has 2 rings (SSSR count). The second kappa shape index (κ2) is 5.47. The maximum Gasteiger partial charge on any atom is 0.270 e. The smallest absolute Gasteiger partial charge is 0.270 e. The first-order chi connectivity index (χ1) is 9.37. The molecule has 8 heteroatoms. The highest BCUT2D eigenvalue weighted by atomic mass is 32.2. The Labute approximate surface area is 117 Å². The van der Waals surface area contributed by atoms with Crippen LogP contribution in [0.15, 0.2) is 29.2 Å². The van der Waals surface area contributed by atoms with Crippen molar-refractivity contribution in [2.45, 2.75) is 24.3 Å². The molecule has 1 aromatic rings. The highest BCUT2D eigenvalue weighted by Crippen LogP contribution is 2.30. The molecule has 1 aliphatic heterocycles. The van der Waals surface area contributed by atoms with Gasteiger partial charge in [0.2, 0.25) is 10.0 Å². The van der Waals surface area contributed by atoms with Gasteiger partial charge >= 0.3 is 0 Å². The average molecular weight is 300 g/mol. The van der Waals surface area contributed by atoms with Gasteiger partial charge in [-0.3, -0.25) is 10.1 Å². The van der Waals surface area contributed by atoms with Crippen LogP contribution in [0.5, 0.6) is 0 Å². The molecule has 2 atom stereocenters. The van der Waals surface area contributed by atoms with Crippen molar-refractivity contribution in [1.82, 2.24) is 4.31 Å². The van der Waals surface area contributed by atoms with E-state index < -0.39 is 21.0 Å². The molecule has 20 heavy (non-hydrogen) atoms. The Morgan fingerprint density at radius 3 is 2.80 bits per heavy atom. The van der Waals surface area contributed by atoms with Crippen LogP contribution in [0, 0.1) is 16.0 Å². The van der Waals surface area contributed by atoms with Crippen molar-refractivity contribution in [1.29, 1.82) is 0 Å². The van der Waals surface area contributed by atoms with Crippen molar-refractivity contribution < 1.29 is 18.4 Å². The first-order valence-electron chi connectivity index (χ1n) is 6.25. The molecule has 7 nitrogen and oxygen atoms in total. The van der Waals surface area contributed by atoms with Gasteiger partial charge in [0.1, 0.15) is 0 Å². The summed E-state index contributed by atoms with van der Waals surface area (Å²) in [5, 5.41) is 20.1. The number of benzene rings is 1. The number of rotatable bonds is 4. The molecule has 1 aliphatic rings. The Balaban J connectivity index is 2.40. The van der Waals surface area contributed by atoms with Gasteiger partial charge < -0.3 is 5.11 Å². The summed E-state index contributed by atoms with van der Waals surface area (Å²) >= 11 is 0. The number of nitro groups is 1. The Kier molecular flexibility index (Phi) is 4.07. The van der Waals surface area contributed by atoms with Gasteiger partial charge in [-0.2, -0.15) is 4.31 Å². The molecule has 2 unspecified atom stereocenters. The Bertz CT molecular complexity index is 616. The van der Waals surface area contributed by atoms with Gasteiger partial charge in [-0.1, -0.05) is 13.0 Å². The highest BCUT2D eigenvalue weighted by Gasteiger charge is 2.39. The molecule has 0 saturated carbocycles. The van der Waals surface area contributed by atoms with Crippen LogP contribution >= 0.6 is 0 Å². The van der Waals surface area contributed by atoms with E-state index >= 15 is 0 Å². The quantitative estimate of drug-likeness (QED) is 0.660. The molecular weight excluding hydrogens is 284 g/mol. The molecule has 0 aromatic heterocycles. The van der Waals surface area contributed by atoms with E-state index in [2.05, 4.69) is 0 Å². The molecule has 0 spiro atoms. The Morgan fingerprint density at radius 2 is 2.20 bits per heavy atom. The summed E-state index contributed by atoms with van der Waals surface area (Å²) in [6, 6.07) is 4.50. The van der Waals surface area contributed by atoms with Crippen LogP contribution in [-0.4, -0.2) is 41.9 Å². The van der Waals surface area contributed by atoms with E-state index in [0.29, 0.717) is 13.0 Å². The number of hydrogen-bond acceptors (Lipinski definition) is 5. The van der Waals surface area contributed by atoms with Crippen LogP contribution < -0.4 is 0 Å². The molecule has 0 amide bonds. The molecule has 1 N–H and O–H groups in total. The minimum Gasteiger partial charge on any atom is -0.395 e. The molecule has 1 saturated heterocycles. The summed E-state index contributed by atoms with van der Waals surface area (Å²) in [4.78, 5) is 9.99. The van der Waals surface area contributed by atoms with E-state index in [9.17, 15) is 23.6 Å². The summed E-state index contributed by atoms with van der Waals surface area (Å²) in [6.07, 6.45) is 0.666.